The molecule has 0 fully saturated rings. The summed E-state index contributed by atoms with van der Waals surface area (Å²) in [4.78, 5) is 36.7. The number of carbonyl (C=O) groups excluding carboxylic acids is 3. The van der Waals surface area contributed by atoms with E-state index >= 15 is 0 Å². The Labute approximate surface area is 502 Å². The molecule has 452 valence electrons. The average molecular weight is 1160 g/mol. The number of ether oxygens (including phenoxy) is 5. The van der Waals surface area contributed by atoms with Gasteiger partial charge in [-0.2, -0.15) is 40.9 Å². The number of hydrogen-bond acceptors (Lipinski definition) is 18. The van der Waals surface area contributed by atoms with Crippen LogP contribution in [0.15, 0.2) is 187 Å². The number of azo groups is 4. The molecule has 0 atom stereocenters. The first-order valence-corrected chi connectivity index (χ1v) is 29.9. The molecule has 0 saturated carbocycles. The van der Waals surface area contributed by atoms with Crippen LogP contribution in [0.25, 0.3) is 0 Å². The van der Waals surface area contributed by atoms with E-state index in [1.165, 1.54) is 65.0 Å². The molecule has 0 heterocycles. The Hall–Kier alpha value is -8.67. The number of esters is 3. The molecule has 6 aromatic rings. The lowest BCUT2D eigenvalue weighted by atomic mass is 10.1. The maximum Gasteiger partial charge on any atom is 0.302 e. The Morgan fingerprint density at radius 1 is 0.318 bits per heavy atom. The zero-order valence-corrected chi connectivity index (χ0v) is 50.7. The molecule has 6 rings (SSSR count). The van der Waals surface area contributed by atoms with Crippen molar-refractivity contribution in [3.63, 3.8) is 0 Å². The fourth-order valence-electron chi connectivity index (χ4n) is 8.39. The Bertz CT molecular complexity index is 2930. The van der Waals surface area contributed by atoms with Gasteiger partial charge in [-0.05, 0) is 185 Å². The second kappa shape index (κ2) is 40.5. The van der Waals surface area contributed by atoms with Gasteiger partial charge >= 0.3 is 17.9 Å². The van der Waals surface area contributed by atoms with Gasteiger partial charge in [0.2, 0.25) is 0 Å². The van der Waals surface area contributed by atoms with Crippen LogP contribution >= 0.6 is 0 Å². The zero-order valence-electron chi connectivity index (χ0n) is 50.7. The predicted molar refractivity (Wildman–Crippen MR) is 338 cm³/mol. The Morgan fingerprint density at radius 2 is 0.553 bits per heavy atom. The van der Waals surface area contributed by atoms with Crippen molar-refractivity contribution in [1.82, 2.24) is 0 Å². The number of rotatable bonds is 37. The van der Waals surface area contributed by atoms with Crippen molar-refractivity contribution in [2.75, 3.05) is 69.5 Å². The van der Waals surface area contributed by atoms with Crippen molar-refractivity contribution in [1.29, 1.82) is 0 Å². The predicted octanol–water partition coefficient (Wildman–Crippen LogP) is 19.2. The van der Waals surface area contributed by atoms with Crippen molar-refractivity contribution in [2.24, 2.45) is 40.9 Å². The molecular weight excluding hydrogens is 1070 g/mol. The zero-order chi connectivity index (χ0) is 60.5. The molecule has 18 heteroatoms. The maximum absolute atomic E-state index is 10.9. The maximum atomic E-state index is 10.9. The Morgan fingerprint density at radius 3 is 0.835 bits per heavy atom. The first kappa shape index (κ1) is 67.1. The van der Waals surface area contributed by atoms with Crippen LogP contribution in [0.1, 0.15) is 125 Å². The van der Waals surface area contributed by atoms with E-state index in [0.29, 0.717) is 45.3 Å². The van der Waals surface area contributed by atoms with Gasteiger partial charge in [-0.15, -0.1) is 0 Å². The Balaban J connectivity index is 0.000000311. The van der Waals surface area contributed by atoms with E-state index in [4.69, 9.17) is 23.7 Å². The normalized spacial score (nSPS) is 11.2. The summed E-state index contributed by atoms with van der Waals surface area (Å²) >= 11 is 0. The minimum atomic E-state index is -0.279. The summed E-state index contributed by atoms with van der Waals surface area (Å²) in [6.45, 7) is 14.0. The SMILES string of the molecule is CC(=O)OCCCCCCCCCOc1ccc(N=Nc2ccc(N=Nc3ccc(N(C)CCOC(C)=O)cc3)cc2)cc1.CCN(CC)c1ccc(N=Nc2ccc(N=Nc3ccc(OCCCCCCCCCOC(C)=O)cc3)cc2)cc1. The van der Waals surface area contributed by atoms with Gasteiger partial charge in [-0.1, -0.05) is 64.2 Å². The third-order valence-electron chi connectivity index (χ3n) is 13.2. The van der Waals surface area contributed by atoms with Crippen LogP contribution in [-0.4, -0.2) is 77.6 Å². The summed E-state index contributed by atoms with van der Waals surface area (Å²) in [5.41, 5.74) is 8.19. The lowest BCUT2D eigenvalue weighted by Crippen LogP contribution is -2.23. The number of carbonyl (C=O) groups is 3. The Kier molecular flexibility index (Phi) is 32.0. The molecule has 0 radical (unpaired) electrons. The van der Waals surface area contributed by atoms with E-state index in [1.54, 1.807) is 0 Å². The number of nitrogens with zero attached hydrogens (tertiary/aromatic N) is 10. The summed E-state index contributed by atoms with van der Waals surface area (Å²) in [6.07, 6.45) is 15.6. The number of likely N-dealkylation sites (N-methyl/N-ethyl adjacent to an activating group) is 1. The molecule has 0 N–H and O–H groups in total. The van der Waals surface area contributed by atoms with E-state index < -0.39 is 0 Å². The highest BCUT2D eigenvalue weighted by Gasteiger charge is 2.05. The third kappa shape index (κ3) is 29.4. The molecule has 0 aromatic heterocycles. The van der Waals surface area contributed by atoms with Crippen molar-refractivity contribution in [2.45, 2.75) is 125 Å². The van der Waals surface area contributed by atoms with E-state index in [1.807, 2.05) is 145 Å². The van der Waals surface area contributed by atoms with Gasteiger partial charge in [0, 0.05) is 52.3 Å². The lowest BCUT2D eigenvalue weighted by molar-refractivity contribution is -0.142. The first-order valence-electron chi connectivity index (χ1n) is 29.9. The molecule has 0 spiro atoms. The third-order valence-corrected chi connectivity index (χ3v) is 13.2. The molecule has 6 aromatic carbocycles. The van der Waals surface area contributed by atoms with Gasteiger partial charge in [-0.3, -0.25) is 14.4 Å². The molecule has 0 saturated heterocycles. The van der Waals surface area contributed by atoms with Crippen molar-refractivity contribution >= 4 is 74.8 Å². The molecule has 85 heavy (non-hydrogen) atoms. The topological polar surface area (TPSA) is 203 Å². The van der Waals surface area contributed by atoms with Gasteiger partial charge in [0.25, 0.3) is 0 Å². The summed E-state index contributed by atoms with van der Waals surface area (Å²) < 4.78 is 26.6. The summed E-state index contributed by atoms with van der Waals surface area (Å²) in [6, 6.07) is 46.0. The molecule has 0 aliphatic heterocycles. The summed E-state index contributed by atoms with van der Waals surface area (Å²) in [5.74, 6) is 0.987. The van der Waals surface area contributed by atoms with E-state index in [2.05, 4.69) is 71.8 Å². The largest absolute Gasteiger partial charge is 0.494 e. The van der Waals surface area contributed by atoms with Crippen LogP contribution in [-0.2, 0) is 28.6 Å². The highest BCUT2D eigenvalue weighted by Crippen LogP contribution is 2.28. The van der Waals surface area contributed by atoms with Crippen molar-refractivity contribution in [3.05, 3.63) is 146 Å². The van der Waals surface area contributed by atoms with Gasteiger partial charge < -0.3 is 33.5 Å². The molecular formula is C67H86N10O8. The van der Waals surface area contributed by atoms with Gasteiger partial charge in [0.15, 0.2) is 0 Å². The van der Waals surface area contributed by atoms with Crippen molar-refractivity contribution in [3.8, 4) is 11.5 Å². The summed E-state index contributed by atoms with van der Waals surface area (Å²) in [7, 11) is 1.94. The molecule has 18 nitrogen and oxygen atoms in total. The second-order valence-corrected chi connectivity index (χ2v) is 20.1. The number of unbranched alkanes of at least 4 members (excludes halogenated alkanes) is 12. The van der Waals surface area contributed by atoms with Crippen molar-refractivity contribution < 1.29 is 38.1 Å². The second-order valence-electron chi connectivity index (χ2n) is 20.1. The fourth-order valence-corrected chi connectivity index (χ4v) is 8.39. The molecule has 0 aliphatic rings. The van der Waals surface area contributed by atoms with Gasteiger partial charge in [0.05, 0.1) is 78.5 Å². The van der Waals surface area contributed by atoms with Gasteiger partial charge in [-0.25, -0.2) is 0 Å². The van der Waals surface area contributed by atoms with Crippen LogP contribution in [0.4, 0.5) is 56.9 Å². The van der Waals surface area contributed by atoms with E-state index in [0.717, 1.165) is 121 Å². The summed E-state index contributed by atoms with van der Waals surface area (Å²) in [5, 5.41) is 34.6. The highest BCUT2D eigenvalue weighted by molar-refractivity contribution is 5.66. The molecule has 0 bridgehead atoms. The van der Waals surface area contributed by atoms with Crippen LogP contribution < -0.4 is 19.3 Å². The van der Waals surface area contributed by atoms with E-state index in [9.17, 15) is 14.4 Å². The van der Waals surface area contributed by atoms with Crippen LogP contribution in [0, 0.1) is 0 Å². The smallest absolute Gasteiger partial charge is 0.302 e. The van der Waals surface area contributed by atoms with Crippen LogP contribution in [0.5, 0.6) is 11.5 Å². The monoisotopic (exact) mass is 1160 g/mol. The molecule has 0 unspecified atom stereocenters. The van der Waals surface area contributed by atoms with Gasteiger partial charge in [0.1, 0.15) is 18.1 Å². The minimum absolute atomic E-state index is 0.195. The number of benzene rings is 6. The van der Waals surface area contributed by atoms with Crippen LogP contribution in [0.2, 0.25) is 0 Å². The highest BCUT2D eigenvalue weighted by atomic mass is 16.5. The quantitative estimate of drug-likeness (QED) is 0.0156. The lowest BCUT2D eigenvalue weighted by Gasteiger charge is -2.20. The standard InChI is InChI=1S/C34H43N5O5.C33H43N5O3/c1-27(40)42-24-9-7-5-4-6-8-10-25-44-34-21-17-32(18-22-34)38-36-30-13-11-29(12-14-30)35-37-31-15-19-33(20-16-31)39(3)23-26-43-28(2)41;1-4-38(5-2)32-21-17-30(18-22-32)36-34-28-13-15-29(16-14-28)35-37-31-19-23-33(24-20-31)41-26-12-10-8-6-7-9-11-25-40-27(3)39/h11-22H,4-10,23-26H2,1-3H3;13-24H,4-12,25-26H2,1-3H3. The number of hydrogen-bond donors (Lipinski definition) is 0. The van der Waals surface area contributed by atoms with E-state index in [-0.39, 0.29) is 17.9 Å². The first-order chi connectivity index (χ1) is 41.5. The number of anilines is 2. The fraction of sp³-hybridized carbons (Fsp3) is 0.418. The minimum Gasteiger partial charge on any atom is -0.494 e. The average Bonchev–Trinajstić information content (AvgIpc) is 3.62. The molecule has 0 aliphatic carbocycles. The van der Waals surface area contributed by atoms with Crippen LogP contribution in [0.3, 0.4) is 0 Å². The molecule has 0 amide bonds.